The third kappa shape index (κ3) is 4.39. The number of thiocarbonyl (C=S) groups is 1. The van der Waals surface area contributed by atoms with Crippen LogP contribution in [0.15, 0.2) is 72.8 Å². The summed E-state index contributed by atoms with van der Waals surface area (Å²) in [6.07, 6.45) is 0. The zero-order valence-corrected chi connectivity index (χ0v) is 17.2. The first-order valence-corrected chi connectivity index (χ1v) is 11.4. The fourth-order valence-corrected chi connectivity index (χ4v) is 8.11. The number of benzene rings is 3. The van der Waals surface area contributed by atoms with Crippen molar-refractivity contribution >= 4 is 45.5 Å². The van der Waals surface area contributed by atoms with Crippen LogP contribution in [0.2, 0.25) is 0 Å². The molecule has 0 spiro atoms. The molecule has 0 aliphatic rings. The van der Waals surface area contributed by atoms with Crippen LogP contribution in [-0.2, 0) is 0 Å². The molecule has 3 aromatic rings. The summed E-state index contributed by atoms with van der Waals surface area (Å²) in [6.45, 7) is 6.46. The second-order valence-electron chi connectivity index (χ2n) is 6.12. The highest BCUT2D eigenvalue weighted by atomic mass is 32.7. The van der Waals surface area contributed by atoms with Crippen molar-refractivity contribution in [1.29, 1.82) is 0 Å². The molecule has 0 bridgehead atoms. The van der Waals surface area contributed by atoms with Crippen molar-refractivity contribution in [1.82, 2.24) is 0 Å². The minimum absolute atomic E-state index is 0.571. The Balaban J connectivity index is 1.98. The van der Waals surface area contributed by atoms with Crippen LogP contribution in [0.25, 0.3) is 0 Å². The Labute approximate surface area is 161 Å². The monoisotopic (exact) mass is 380 g/mol. The summed E-state index contributed by atoms with van der Waals surface area (Å²) in [6, 6.07) is 25.9. The summed E-state index contributed by atoms with van der Waals surface area (Å²) in [5.41, 5.74) is 5.06. The van der Waals surface area contributed by atoms with Gasteiger partial charge in [-0.15, -0.1) is 0 Å². The molecule has 0 heterocycles. The molecule has 0 aliphatic heterocycles. The minimum atomic E-state index is -0.571. The van der Waals surface area contributed by atoms with E-state index in [0.717, 1.165) is 4.20 Å². The molecule has 0 unspecified atom stereocenters. The van der Waals surface area contributed by atoms with Crippen LogP contribution in [0.1, 0.15) is 22.3 Å². The zero-order chi connectivity index (χ0) is 17.8. The van der Waals surface area contributed by atoms with Gasteiger partial charge in [-0.1, -0.05) is 102 Å². The van der Waals surface area contributed by atoms with Crippen LogP contribution in [0.4, 0.5) is 0 Å². The molecule has 0 aromatic heterocycles. The van der Waals surface area contributed by atoms with Gasteiger partial charge in [0.25, 0.3) is 0 Å². The van der Waals surface area contributed by atoms with Gasteiger partial charge in [0, 0.05) is 12.7 Å². The summed E-state index contributed by atoms with van der Waals surface area (Å²) in [5, 5.41) is 2.69. The smallest absolute Gasteiger partial charge is 0.0764 e. The predicted octanol–water partition coefficient (Wildman–Crippen LogP) is 6.07. The third-order valence-electron chi connectivity index (χ3n) is 4.04. The summed E-state index contributed by atoms with van der Waals surface area (Å²) >= 11 is 7.73. The zero-order valence-electron chi connectivity index (χ0n) is 14.7. The van der Waals surface area contributed by atoms with Crippen LogP contribution < -0.4 is 10.6 Å². The third-order valence-corrected chi connectivity index (χ3v) is 9.31. The Morgan fingerprint density at radius 3 is 1.64 bits per heavy atom. The molecule has 3 heteroatoms. The van der Waals surface area contributed by atoms with Gasteiger partial charge in [0.1, 0.15) is 0 Å². The van der Waals surface area contributed by atoms with Gasteiger partial charge in [0.05, 0.1) is 4.20 Å². The Hall–Kier alpha value is -1.47. The molecule has 3 rings (SSSR count). The summed E-state index contributed by atoms with van der Waals surface area (Å²) in [7, 11) is -0.571. The average Bonchev–Trinajstić information content (AvgIpc) is 2.60. The lowest BCUT2D eigenvalue weighted by atomic mass is 10.0. The Morgan fingerprint density at radius 2 is 1.20 bits per heavy atom. The highest BCUT2D eigenvalue weighted by Gasteiger charge is 2.19. The van der Waals surface area contributed by atoms with Crippen LogP contribution >= 0.6 is 30.7 Å². The lowest BCUT2D eigenvalue weighted by Crippen LogP contribution is -2.11. The van der Waals surface area contributed by atoms with Crippen molar-refractivity contribution in [3.8, 4) is 0 Å². The Bertz CT molecular complexity index is 811. The van der Waals surface area contributed by atoms with E-state index >= 15 is 0 Å². The molecule has 0 fully saturated rings. The molecule has 0 N–H and O–H groups in total. The number of aryl methyl sites for hydroxylation is 3. The molecule has 0 aliphatic carbocycles. The van der Waals surface area contributed by atoms with E-state index in [1.54, 1.807) is 0 Å². The maximum Gasteiger partial charge on any atom is 0.0831 e. The van der Waals surface area contributed by atoms with E-state index in [0.29, 0.717) is 0 Å². The molecular formula is C22H21PS2. The highest BCUT2D eigenvalue weighted by molar-refractivity contribution is 8.69. The number of hydrogen-bond donors (Lipinski definition) is 0. The van der Waals surface area contributed by atoms with Gasteiger partial charge in [-0.25, -0.2) is 0 Å². The van der Waals surface area contributed by atoms with Crippen LogP contribution in [0, 0.1) is 20.8 Å². The number of hydrogen-bond acceptors (Lipinski definition) is 2. The normalized spacial score (nSPS) is 10.9. The van der Waals surface area contributed by atoms with Crippen molar-refractivity contribution in [2.75, 3.05) is 0 Å². The summed E-state index contributed by atoms with van der Waals surface area (Å²) < 4.78 is 0.994. The quantitative estimate of drug-likeness (QED) is 0.398. The average molecular weight is 381 g/mol. The highest BCUT2D eigenvalue weighted by Crippen LogP contribution is 2.50. The largest absolute Gasteiger partial charge is 0.0831 e. The van der Waals surface area contributed by atoms with E-state index in [1.165, 1.54) is 32.9 Å². The molecule has 3 aromatic carbocycles. The number of rotatable bonds is 4. The predicted molar refractivity (Wildman–Crippen MR) is 119 cm³/mol. The van der Waals surface area contributed by atoms with E-state index in [4.69, 9.17) is 12.2 Å². The van der Waals surface area contributed by atoms with Crippen molar-refractivity contribution < 1.29 is 0 Å². The van der Waals surface area contributed by atoms with Gasteiger partial charge >= 0.3 is 0 Å². The molecular weight excluding hydrogens is 359 g/mol. The summed E-state index contributed by atoms with van der Waals surface area (Å²) in [4.78, 5) is 0. The molecule has 0 nitrogen and oxygen atoms in total. The molecule has 0 saturated carbocycles. The fourth-order valence-electron chi connectivity index (χ4n) is 3.01. The van der Waals surface area contributed by atoms with Crippen molar-refractivity contribution in [2.24, 2.45) is 0 Å². The van der Waals surface area contributed by atoms with Crippen molar-refractivity contribution in [2.45, 2.75) is 20.8 Å². The van der Waals surface area contributed by atoms with Gasteiger partial charge < -0.3 is 0 Å². The van der Waals surface area contributed by atoms with E-state index in [2.05, 4.69) is 93.6 Å². The fraction of sp³-hybridized carbons (Fsp3) is 0.136. The second-order valence-corrected chi connectivity index (χ2v) is 10.6. The first kappa shape index (κ1) is 18.3. The van der Waals surface area contributed by atoms with Gasteiger partial charge in [0.2, 0.25) is 0 Å². The maximum atomic E-state index is 5.89. The standard InChI is InChI=1S/C22H21PS2/c1-16-14-17(2)21(18(3)15-16)22(24)25-23(19-10-6-4-7-11-19)20-12-8-5-9-13-20/h4-15H,1-3H3. The first-order valence-electron chi connectivity index (χ1n) is 8.26. The molecule has 0 amide bonds. The van der Waals surface area contributed by atoms with Gasteiger partial charge in [0.15, 0.2) is 0 Å². The SMILES string of the molecule is Cc1cc(C)c(C(=S)SP(c2ccccc2)c2ccccc2)c(C)c1. The van der Waals surface area contributed by atoms with Gasteiger partial charge in [-0.2, -0.15) is 0 Å². The van der Waals surface area contributed by atoms with Crippen molar-refractivity contribution in [3.05, 3.63) is 95.1 Å². The molecule has 0 radical (unpaired) electrons. The lowest BCUT2D eigenvalue weighted by molar-refractivity contribution is 1.31. The Kier molecular flexibility index (Phi) is 6.06. The molecule has 0 atom stereocenters. The summed E-state index contributed by atoms with van der Waals surface area (Å²) in [5.74, 6) is 0. The molecule has 126 valence electrons. The van der Waals surface area contributed by atoms with Crippen LogP contribution in [0.5, 0.6) is 0 Å². The second kappa shape index (κ2) is 8.27. The molecule has 25 heavy (non-hydrogen) atoms. The van der Waals surface area contributed by atoms with Crippen LogP contribution in [-0.4, -0.2) is 4.20 Å². The topological polar surface area (TPSA) is 0 Å². The van der Waals surface area contributed by atoms with E-state index in [-0.39, 0.29) is 0 Å². The first-order chi connectivity index (χ1) is 12.1. The maximum absolute atomic E-state index is 5.89. The lowest BCUT2D eigenvalue weighted by Gasteiger charge is -2.20. The van der Waals surface area contributed by atoms with E-state index in [1.807, 2.05) is 11.4 Å². The van der Waals surface area contributed by atoms with E-state index < -0.39 is 7.12 Å². The van der Waals surface area contributed by atoms with Gasteiger partial charge in [-0.05, 0) is 42.5 Å². The van der Waals surface area contributed by atoms with Crippen molar-refractivity contribution in [3.63, 3.8) is 0 Å². The Morgan fingerprint density at radius 1 is 0.760 bits per heavy atom. The van der Waals surface area contributed by atoms with E-state index in [9.17, 15) is 0 Å². The molecule has 0 saturated heterocycles. The van der Waals surface area contributed by atoms with Crippen LogP contribution in [0.3, 0.4) is 0 Å². The van der Waals surface area contributed by atoms with Gasteiger partial charge in [-0.3, -0.25) is 0 Å². The minimum Gasteiger partial charge on any atom is -0.0764 e.